The first-order valence-electron chi connectivity index (χ1n) is 10.4. The van der Waals surface area contributed by atoms with Crippen molar-refractivity contribution in [3.63, 3.8) is 0 Å². The molecular weight excluding hydrogens is 404 g/mol. The third-order valence-electron chi connectivity index (χ3n) is 5.28. The summed E-state index contributed by atoms with van der Waals surface area (Å²) >= 11 is 0. The van der Waals surface area contributed by atoms with Gasteiger partial charge in [-0.25, -0.2) is 9.59 Å². The zero-order valence-electron chi connectivity index (χ0n) is 18.0. The van der Waals surface area contributed by atoms with E-state index in [9.17, 15) is 9.59 Å². The lowest BCUT2D eigenvalue weighted by atomic mass is 9.94. The third kappa shape index (κ3) is 4.83. The zero-order valence-corrected chi connectivity index (χ0v) is 18.0. The minimum Gasteiger partial charge on any atom is -0.497 e. The van der Waals surface area contributed by atoms with Crippen LogP contribution in [0.5, 0.6) is 5.75 Å². The lowest BCUT2D eigenvalue weighted by molar-refractivity contribution is 0.228. The number of amidine groups is 1. The van der Waals surface area contributed by atoms with Crippen LogP contribution >= 0.6 is 0 Å². The maximum Gasteiger partial charge on any atom is 0.349 e. The number of carbonyl (C=O) groups is 2. The van der Waals surface area contributed by atoms with Crippen molar-refractivity contribution in [1.82, 2.24) is 4.90 Å². The summed E-state index contributed by atoms with van der Waals surface area (Å²) in [5.74, 6) is 0.794. The molecule has 1 heterocycles. The predicted octanol–water partition coefficient (Wildman–Crippen LogP) is 4.80. The van der Waals surface area contributed by atoms with Crippen molar-refractivity contribution in [2.24, 2.45) is 15.9 Å². The molecule has 1 atom stereocenters. The van der Waals surface area contributed by atoms with E-state index in [0.717, 1.165) is 16.9 Å². The predicted molar refractivity (Wildman–Crippen MR) is 126 cm³/mol. The molecule has 1 unspecified atom stereocenters. The number of anilines is 1. The largest absolute Gasteiger partial charge is 0.497 e. The van der Waals surface area contributed by atoms with E-state index in [4.69, 9.17) is 4.74 Å². The highest BCUT2D eigenvalue weighted by molar-refractivity contribution is 6.24. The Morgan fingerprint density at radius 2 is 2.00 bits per heavy atom. The number of amides is 4. The summed E-state index contributed by atoms with van der Waals surface area (Å²) in [6.45, 7) is 2.30. The Bertz CT molecular complexity index is 1150. The van der Waals surface area contributed by atoms with Crippen molar-refractivity contribution in [2.45, 2.75) is 13.3 Å². The molecule has 0 bridgehead atoms. The summed E-state index contributed by atoms with van der Waals surface area (Å²) in [5, 5.41) is 2.79. The molecule has 0 saturated heterocycles. The SMILES string of the molecule is COc1ccc(CCN2C(=O)N=C3C=CC=CC3/C2=N/C(=O)Nc2cccc(C)c2)cc1. The standard InChI is InChI=1S/C25H24N4O3/c1-17-6-5-7-19(16-17)26-24(30)28-23-21-8-3-4-9-22(21)27-25(31)29(23)15-14-18-10-12-20(32-2)13-11-18/h3-13,16,21H,14-15H2,1-2H3,(H,26,30)/b28-23-. The summed E-state index contributed by atoms with van der Waals surface area (Å²) in [4.78, 5) is 35.5. The van der Waals surface area contributed by atoms with Crippen LogP contribution in [0.2, 0.25) is 0 Å². The van der Waals surface area contributed by atoms with Crippen LogP contribution in [0.1, 0.15) is 11.1 Å². The number of fused-ring (bicyclic) bond motifs is 1. The number of urea groups is 2. The van der Waals surface area contributed by atoms with Gasteiger partial charge in [-0.3, -0.25) is 4.90 Å². The van der Waals surface area contributed by atoms with Crippen molar-refractivity contribution in [1.29, 1.82) is 0 Å². The van der Waals surface area contributed by atoms with Crippen molar-refractivity contribution >= 4 is 29.3 Å². The second-order valence-electron chi connectivity index (χ2n) is 7.56. The molecule has 2 aliphatic rings. The number of nitrogens with one attached hydrogen (secondary N) is 1. The molecule has 1 aliphatic carbocycles. The van der Waals surface area contributed by atoms with E-state index in [-0.39, 0.29) is 5.92 Å². The minimum atomic E-state index is -0.531. The molecule has 1 aliphatic heterocycles. The molecule has 0 fully saturated rings. The number of nitrogens with zero attached hydrogens (tertiary/aromatic N) is 3. The Kier molecular flexibility index (Phi) is 6.26. The molecule has 0 spiro atoms. The highest BCUT2D eigenvalue weighted by atomic mass is 16.5. The summed E-state index contributed by atoms with van der Waals surface area (Å²) in [6.07, 6.45) is 7.95. The molecule has 2 aromatic rings. The lowest BCUT2D eigenvalue weighted by Crippen LogP contribution is -2.47. The normalized spacial score (nSPS) is 18.4. The van der Waals surface area contributed by atoms with Crippen molar-refractivity contribution in [3.05, 3.63) is 84.0 Å². The Hall–Kier alpha value is -4.00. The first-order chi connectivity index (χ1) is 15.5. The molecule has 7 heteroatoms. The van der Waals surface area contributed by atoms with Gasteiger partial charge in [0, 0.05) is 12.2 Å². The van der Waals surface area contributed by atoms with Crippen molar-refractivity contribution < 1.29 is 14.3 Å². The van der Waals surface area contributed by atoms with Gasteiger partial charge in [-0.1, -0.05) is 42.5 Å². The second-order valence-corrected chi connectivity index (χ2v) is 7.56. The monoisotopic (exact) mass is 428 g/mol. The molecule has 0 aromatic heterocycles. The van der Waals surface area contributed by atoms with Gasteiger partial charge in [0.2, 0.25) is 0 Å². The number of ether oxygens (including phenoxy) is 1. The molecule has 4 rings (SSSR count). The number of aliphatic imine (C=N–C) groups is 2. The van der Waals surface area contributed by atoms with Crippen molar-refractivity contribution in [2.75, 3.05) is 19.0 Å². The van der Waals surface area contributed by atoms with Gasteiger partial charge < -0.3 is 10.1 Å². The van der Waals surface area contributed by atoms with Gasteiger partial charge in [0.1, 0.15) is 11.6 Å². The fourth-order valence-corrected chi connectivity index (χ4v) is 3.64. The molecule has 32 heavy (non-hydrogen) atoms. The molecule has 0 radical (unpaired) electrons. The average molecular weight is 428 g/mol. The van der Waals surface area contributed by atoms with Gasteiger partial charge in [0.15, 0.2) is 0 Å². The number of carbonyl (C=O) groups excluding carboxylic acids is 2. The molecule has 4 amide bonds. The molecular formula is C25H24N4O3. The van der Waals surface area contributed by atoms with E-state index < -0.39 is 12.1 Å². The van der Waals surface area contributed by atoms with Crippen LogP contribution in [-0.4, -0.2) is 42.2 Å². The van der Waals surface area contributed by atoms with E-state index in [1.165, 1.54) is 4.90 Å². The maximum absolute atomic E-state index is 12.8. The average Bonchev–Trinajstić information content (AvgIpc) is 2.79. The first kappa shape index (κ1) is 21.2. The number of methoxy groups -OCH3 is 1. The molecule has 0 saturated carbocycles. The van der Waals surface area contributed by atoms with E-state index in [1.807, 2.05) is 67.6 Å². The fourth-order valence-electron chi connectivity index (χ4n) is 3.64. The first-order valence-corrected chi connectivity index (χ1v) is 10.4. The Labute approximate surface area is 186 Å². The Morgan fingerprint density at radius 3 is 2.75 bits per heavy atom. The van der Waals surface area contributed by atoms with Gasteiger partial charge >= 0.3 is 12.1 Å². The van der Waals surface area contributed by atoms with Crippen LogP contribution in [0.25, 0.3) is 0 Å². The third-order valence-corrected chi connectivity index (χ3v) is 5.28. The summed E-state index contributed by atoms with van der Waals surface area (Å²) in [6, 6.07) is 14.2. The van der Waals surface area contributed by atoms with Crippen LogP contribution in [0.4, 0.5) is 15.3 Å². The number of benzene rings is 2. The van der Waals surface area contributed by atoms with E-state index in [0.29, 0.717) is 30.2 Å². The number of aryl methyl sites for hydroxylation is 1. The van der Waals surface area contributed by atoms with Gasteiger partial charge in [0.25, 0.3) is 0 Å². The highest BCUT2D eigenvalue weighted by Gasteiger charge is 2.34. The molecule has 162 valence electrons. The van der Waals surface area contributed by atoms with Gasteiger partial charge in [-0.05, 0) is 54.8 Å². The zero-order chi connectivity index (χ0) is 22.5. The number of hydrogen-bond acceptors (Lipinski definition) is 3. The van der Waals surface area contributed by atoms with Crippen LogP contribution in [-0.2, 0) is 6.42 Å². The molecule has 1 N–H and O–H groups in total. The van der Waals surface area contributed by atoms with E-state index in [2.05, 4.69) is 15.3 Å². The van der Waals surface area contributed by atoms with Gasteiger partial charge in [-0.2, -0.15) is 9.98 Å². The summed E-state index contributed by atoms with van der Waals surface area (Å²) in [7, 11) is 1.62. The molecule has 7 nitrogen and oxygen atoms in total. The number of hydrogen-bond donors (Lipinski definition) is 1. The highest BCUT2D eigenvalue weighted by Crippen LogP contribution is 2.22. The molecule has 2 aromatic carbocycles. The summed E-state index contributed by atoms with van der Waals surface area (Å²) < 4.78 is 5.20. The van der Waals surface area contributed by atoms with E-state index >= 15 is 0 Å². The van der Waals surface area contributed by atoms with Crippen LogP contribution in [0.15, 0.2) is 82.8 Å². The Morgan fingerprint density at radius 1 is 1.19 bits per heavy atom. The fraction of sp³-hybridized carbons (Fsp3) is 0.200. The minimum absolute atomic E-state index is 0.350. The topological polar surface area (TPSA) is 83.4 Å². The smallest absolute Gasteiger partial charge is 0.349 e. The second kappa shape index (κ2) is 9.43. The Balaban J connectivity index is 1.58. The van der Waals surface area contributed by atoms with Crippen molar-refractivity contribution in [3.8, 4) is 5.75 Å². The number of rotatable bonds is 5. The maximum atomic E-state index is 12.8. The number of allylic oxidation sites excluding steroid dienone is 3. The van der Waals surface area contributed by atoms with Crippen LogP contribution < -0.4 is 10.1 Å². The van der Waals surface area contributed by atoms with Crippen LogP contribution in [0.3, 0.4) is 0 Å². The lowest BCUT2D eigenvalue weighted by Gasteiger charge is -2.31. The van der Waals surface area contributed by atoms with E-state index in [1.54, 1.807) is 19.3 Å². The summed E-state index contributed by atoms with van der Waals surface area (Å²) in [5.41, 5.74) is 3.30. The van der Waals surface area contributed by atoms with Crippen LogP contribution in [0, 0.1) is 12.8 Å². The van der Waals surface area contributed by atoms with Gasteiger partial charge in [-0.15, -0.1) is 0 Å². The quantitative estimate of drug-likeness (QED) is 0.743. The van der Waals surface area contributed by atoms with Gasteiger partial charge in [0.05, 0.1) is 18.7 Å².